The first kappa shape index (κ1) is 29.4. The van der Waals surface area contributed by atoms with Crippen LogP contribution < -0.4 is 9.80 Å². The Morgan fingerprint density at radius 3 is 0.935 bits per heavy atom. The summed E-state index contributed by atoms with van der Waals surface area (Å²) in [5.41, 5.74) is 12.0. The summed E-state index contributed by atoms with van der Waals surface area (Å²) in [5, 5.41) is 4.89. The summed E-state index contributed by atoms with van der Waals surface area (Å²) in [6, 6.07) is 53.8. The Morgan fingerprint density at radius 2 is 0.630 bits per heavy atom. The van der Waals surface area contributed by atoms with E-state index in [1.807, 2.05) is 0 Å². The number of fused-ring (bicyclic) bond motifs is 3. The summed E-state index contributed by atoms with van der Waals surface area (Å²) >= 11 is 0. The zero-order valence-corrected chi connectivity index (χ0v) is 27.2. The van der Waals surface area contributed by atoms with Gasteiger partial charge in [0.2, 0.25) is 0 Å². The maximum atomic E-state index is 2.46. The predicted octanol–water partition coefficient (Wildman–Crippen LogP) is 12.7. The molecule has 0 aliphatic rings. The molecule has 0 bridgehead atoms. The molecule has 0 aromatic heterocycles. The van der Waals surface area contributed by atoms with Crippen LogP contribution in [0.4, 0.5) is 34.1 Å². The minimum Gasteiger partial charge on any atom is -0.308 e. The molecule has 2 heteroatoms. The van der Waals surface area contributed by atoms with Crippen LogP contribution in [0.25, 0.3) is 21.5 Å². The molecule has 0 heterocycles. The Labute approximate surface area is 273 Å². The minimum absolute atomic E-state index is 1.00. The van der Waals surface area contributed by atoms with Crippen molar-refractivity contribution in [3.63, 3.8) is 0 Å². The first-order valence-electron chi connectivity index (χ1n) is 16.4. The highest BCUT2D eigenvalue weighted by molar-refractivity contribution is 6.23. The van der Waals surface area contributed by atoms with Crippen molar-refractivity contribution in [3.8, 4) is 0 Å². The standard InChI is InChI=1S/C44H40N2/c1-5-33-19-27-37(28-20-33)45(35-23-15-31(3)16-24-35)43-41-13-9-7-11-39(41)40-12-8-10-14-42(40)44(43)46(36-25-17-32(4)18-26-36)38-29-21-34(6-2)22-30-38/h7-30H,5-6H2,1-4H3. The van der Waals surface area contributed by atoms with Crippen molar-refractivity contribution in [1.29, 1.82) is 0 Å². The molecule has 0 saturated heterocycles. The van der Waals surface area contributed by atoms with Gasteiger partial charge in [-0.05, 0) is 97.1 Å². The minimum atomic E-state index is 1.00. The molecule has 7 rings (SSSR count). The third-order valence-corrected chi connectivity index (χ3v) is 9.12. The van der Waals surface area contributed by atoms with Gasteiger partial charge < -0.3 is 9.80 Å². The Hall–Kier alpha value is -5.34. The smallest absolute Gasteiger partial charge is 0.0788 e. The van der Waals surface area contributed by atoms with Crippen molar-refractivity contribution in [2.24, 2.45) is 0 Å². The molecule has 0 radical (unpaired) electrons. The van der Waals surface area contributed by atoms with E-state index in [1.165, 1.54) is 43.8 Å². The summed E-state index contributed by atoms with van der Waals surface area (Å²) in [6.45, 7) is 8.73. The molecule has 0 fully saturated rings. The van der Waals surface area contributed by atoms with Crippen molar-refractivity contribution in [2.75, 3.05) is 9.80 Å². The Balaban J connectivity index is 1.65. The maximum absolute atomic E-state index is 2.46. The Kier molecular flexibility index (Phi) is 8.03. The van der Waals surface area contributed by atoms with Gasteiger partial charge in [0.25, 0.3) is 0 Å². The molecule has 226 valence electrons. The number of benzene rings is 7. The average molecular weight is 597 g/mol. The quantitative estimate of drug-likeness (QED) is 0.127. The maximum Gasteiger partial charge on any atom is 0.0788 e. The number of hydrogen-bond donors (Lipinski definition) is 0. The molecular weight excluding hydrogens is 556 g/mol. The van der Waals surface area contributed by atoms with Gasteiger partial charge in [-0.2, -0.15) is 0 Å². The lowest BCUT2D eigenvalue weighted by Crippen LogP contribution is -2.18. The summed E-state index contributed by atoms with van der Waals surface area (Å²) in [7, 11) is 0. The van der Waals surface area contributed by atoms with Gasteiger partial charge in [-0.15, -0.1) is 0 Å². The van der Waals surface area contributed by atoms with Crippen LogP contribution >= 0.6 is 0 Å². The van der Waals surface area contributed by atoms with E-state index in [0.717, 1.165) is 47.0 Å². The van der Waals surface area contributed by atoms with E-state index in [2.05, 4.69) is 183 Å². The molecule has 2 nitrogen and oxygen atoms in total. The van der Waals surface area contributed by atoms with Crippen molar-refractivity contribution in [1.82, 2.24) is 0 Å². The second-order valence-corrected chi connectivity index (χ2v) is 12.2. The normalized spacial score (nSPS) is 11.2. The van der Waals surface area contributed by atoms with Crippen LogP contribution in [-0.4, -0.2) is 0 Å². The molecular formula is C44H40N2. The van der Waals surface area contributed by atoms with E-state index in [9.17, 15) is 0 Å². The molecule has 0 aliphatic heterocycles. The van der Waals surface area contributed by atoms with E-state index in [4.69, 9.17) is 0 Å². The van der Waals surface area contributed by atoms with Gasteiger partial charge >= 0.3 is 0 Å². The van der Waals surface area contributed by atoms with Gasteiger partial charge in [0.05, 0.1) is 11.4 Å². The van der Waals surface area contributed by atoms with Crippen LogP contribution in [0, 0.1) is 13.8 Å². The van der Waals surface area contributed by atoms with E-state index in [-0.39, 0.29) is 0 Å². The van der Waals surface area contributed by atoms with Gasteiger partial charge in [-0.3, -0.25) is 0 Å². The van der Waals surface area contributed by atoms with Crippen molar-refractivity contribution >= 4 is 55.7 Å². The van der Waals surface area contributed by atoms with Crippen LogP contribution in [0.1, 0.15) is 36.1 Å². The van der Waals surface area contributed by atoms with Gasteiger partial charge in [0.1, 0.15) is 0 Å². The van der Waals surface area contributed by atoms with Crippen LogP contribution in [0.15, 0.2) is 146 Å². The van der Waals surface area contributed by atoms with E-state index >= 15 is 0 Å². The van der Waals surface area contributed by atoms with Gasteiger partial charge in [-0.25, -0.2) is 0 Å². The molecule has 0 atom stereocenters. The van der Waals surface area contributed by atoms with Crippen LogP contribution in [0.5, 0.6) is 0 Å². The van der Waals surface area contributed by atoms with Crippen LogP contribution in [0.2, 0.25) is 0 Å². The highest BCUT2D eigenvalue weighted by Crippen LogP contribution is 2.53. The molecule has 46 heavy (non-hydrogen) atoms. The van der Waals surface area contributed by atoms with Crippen molar-refractivity contribution < 1.29 is 0 Å². The first-order valence-corrected chi connectivity index (χ1v) is 16.4. The topological polar surface area (TPSA) is 6.48 Å². The fourth-order valence-corrected chi connectivity index (χ4v) is 6.52. The number of rotatable bonds is 8. The molecule has 0 spiro atoms. The summed E-state index contributed by atoms with van der Waals surface area (Å²) < 4.78 is 0. The van der Waals surface area contributed by atoms with Gasteiger partial charge in [-0.1, -0.05) is 122 Å². The zero-order valence-electron chi connectivity index (χ0n) is 27.2. The highest BCUT2D eigenvalue weighted by atomic mass is 15.2. The van der Waals surface area contributed by atoms with Crippen molar-refractivity contribution in [3.05, 3.63) is 168 Å². The van der Waals surface area contributed by atoms with Gasteiger partial charge in [0, 0.05) is 33.5 Å². The summed E-state index contributed by atoms with van der Waals surface area (Å²) in [5.74, 6) is 0. The second-order valence-electron chi connectivity index (χ2n) is 12.2. The first-order chi connectivity index (χ1) is 22.6. The molecule has 0 aliphatic carbocycles. The third kappa shape index (κ3) is 5.41. The van der Waals surface area contributed by atoms with E-state index < -0.39 is 0 Å². The molecule has 0 amide bonds. The second kappa shape index (κ2) is 12.6. The molecule has 7 aromatic rings. The predicted molar refractivity (Wildman–Crippen MR) is 199 cm³/mol. The highest BCUT2D eigenvalue weighted by Gasteiger charge is 2.27. The molecule has 0 saturated carbocycles. The van der Waals surface area contributed by atoms with Crippen molar-refractivity contribution in [2.45, 2.75) is 40.5 Å². The third-order valence-electron chi connectivity index (χ3n) is 9.12. The molecule has 7 aromatic carbocycles. The summed E-state index contributed by atoms with van der Waals surface area (Å²) in [4.78, 5) is 4.93. The van der Waals surface area contributed by atoms with E-state index in [1.54, 1.807) is 0 Å². The Morgan fingerprint density at radius 1 is 0.348 bits per heavy atom. The monoisotopic (exact) mass is 596 g/mol. The average Bonchev–Trinajstić information content (AvgIpc) is 3.11. The fourth-order valence-electron chi connectivity index (χ4n) is 6.52. The summed E-state index contributed by atoms with van der Waals surface area (Å²) in [6.07, 6.45) is 2.01. The van der Waals surface area contributed by atoms with Crippen LogP contribution in [-0.2, 0) is 12.8 Å². The zero-order chi connectivity index (χ0) is 31.6. The number of anilines is 6. The Bertz CT molecular complexity index is 1950. The number of nitrogens with zero attached hydrogens (tertiary/aromatic N) is 2. The van der Waals surface area contributed by atoms with Gasteiger partial charge in [0.15, 0.2) is 0 Å². The largest absolute Gasteiger partial charge is 0.308 e. The lowest BCUT2D eigenvalue weighted by atomic mass is 9.95. The SMILES string of the molecule is CCc1ccc(N(c2ccc(C)cc2)c2c(N(c3ccc(C)cc3)c3ccc(CC)cc3)c3ccccc3c3ccccc23)cc1. The number of hydrogen-bond acceptors (Lipinski definition) is 2. The van der Waals surface area contributed by atoms with E-state index in [0.29, 0.717) is 0 Å². The number of aryl methyl sites for hydroxylation is 4. The lowest BCUT2D eigenvalue weighted by molar-refractivity contribution is 1.13. The van der Waals surface area contributed by atoms with Crippen LogP contribution in [0.3, 0.4) is 0 Å². The fraction of sp³-hybridized carbons (Fsp3) is 0.136. The molecule has 0 N–H and O–H groups in total. The lowest BCUT2D eigenvalue weighted by Gasteiger charge is -2.35. The molecule has 0 unspecified atom stereocenters.